The van der Waals surface area contributed by atoms with E-state index in [1.54, 1.807) is 11.4 Å². The molecule has 90 valence electrons. The van der Waals surface area contributed by atoms with Crippen molar-refractivity contribution in [1.29, 1.82) is 0 Å². The van der Waals surface area contributed by atoms with Crippen LogP contribution in [-0.4, -0.2) is 56.6 Å². The molecule has 5 heteroatoms. The molecule has 0 amide bonds. The van der Waals surface area contributed by atoms with Crippen molar-refractivity contribution < 1.29 is 8.42 Å². The lowest BCUT2D eigenvalue weighted by atomic mass is 10.1. The molecule has 4 nitrogen and oxygen atoms in total. The van der Waals surface area contributed by atoms with Gasteiger partial charge in [0.15, 0.2) is 0 Å². The van der Waals surface area contributed by atoms with Crippen molar-refractivity contribution in [2.45, 2.75) is 32.2 Å². The Labute approximate surface area is 93.3 Å². The molecular formula is C10H22N2O2S. The highest BCUT2D eigenvalue weighted by Gasteiger charge is 2.27. The monoisotopic (exact) mass is 234 g/mol. The Morgan fingerprint density at radius 1 is 1.33 bits per heavy atom. The Bertz CT molecular complexity index is 282. The lowest BCUT2D eigenvalue weighted by Crippen LogP contribution is -2.45. The average Bonchev–Trinajstić information content (AvgIpc) is 2.18. The van der Waals surface area contributed by atoms with Gasteiger partial charge in [-0.05, 0) is 39.4 Å². The van der Waals surface area contributed by atoms with Gasteiger partial charge in [-0.25, -0.2) is 12.7 Å². The van der Waals surface area contributed by atoms with Crippen LogP contribution < -0.4 is 0 Å². The molecule has 0 unspecified atom stereocenters. The first-order valence-electron chi connectivity index (χ1n) is 5.61. The second kappa shape index (κ2) is 5.27. The van der Waals surface area contributed by atoms with Crippen LogP contribution in [0.4, 0.5) is 0 Å². The second-order valence-corrected chi connectivity index (χ2v) is 6.51. The maximum Gasteiger partial charge on any atom is 0.214 e. The van der Waals surface area contributed by atoms with E-state index >= 15 is 0 Å². The summed E-state index contributed by atoms with van der Waals surface area (Å²) in [7, 11) is 0.791. The third-order valence-electron chi connectivity index (χ3n) is 3.10. The second-order valence-electron chi connectivity index (χ2n) is 4.37. The number of piperidine rings is 1. The van der Waals surface area contributed by atoms with Crippen LogP contribution in [0.25, 0.3) is 0 Å². The number of likely N-dealkylation sites (tertiary alicyclic amines) is 1. The minimum Gasteiger partial charge on any atom is -0.306 e. The van der Waals surface area contributed by atoms with Gasteiger partial charge in [-0.15, -0.1) is 0 Å². The third kappa shape index (κ3) is 3.43. The highest BCUT2D eigenvalue weighted by molar-refractivity contribution is 7.89. The maximum atomic E-state index is 11.8. The van der Waals surface area contributed by atoms with Gasteiger partial charge in [0.05, 0.1) is 5.75 Å². The Balaban J connectivity index is 2.57. The minimum absolute atomic E-state index is 0.206. The summed E-state index contributed by atoms with van der Waals surface area (Å²) in [6, 6.07) is 0.206. The Hall–Kier alpha value is -0.130. The summed E-state index contributed by atoms with van der Waals surface area (Å²) in [5.41, 5.74) is 0. The van der Waals surface area contributed by atoms with E-state index in [0.29, 0.717) is 6.42 Å². The van der Waals surface area contributed by atoms with Crippen LogP contribution in [0.1, 0.15) is 26.2 Å². The van der Waals surface area contributed by atoms with Crippen molar-refractivity contribution in [3.05, 3.63) is 0 Å². The molecule has 0 aromatic carbocycles. The summed E-state index contributed by atoms with van der Waals surface area (Å²) in [4.78, 5) is 2.25. The van der Waals surface area contributed by atoms with Crippen molar-refractivity contribution >= 4 is 10.0 Å². The van der Waals surface area contributed by atoms with Gasteiger partial charge < -0.3 is 4.90 Å². The van der Waals surface area contributed by atoms with E-state index < -0.39 is 10.0 Å². The maximum absolute atomic E-state index is 11.8. The SMILES string of the molecule is CCCS(=O)(=O)N(C)C1CCN(C)CC1. The summed E-state index contributed by atoms with van der Waals surface area (Å²) >= 11 is 0. The first-order valence-corrected chi connectivity index (χ1v) is 7.22. The lowest BCUT2D eigenvalue weighted by Gasteiger charge is -2.34. The zero-order chi connectivity index (χ0) is 11.5. The highest BCUT2D eigenvalue weighted by Crippen LogP contribution is 2.17. The van der Waals surface area contributed by atoms with E-state index in [1.165, 1.54) is 0 Å². The van der Waals surface area contributed by atoms with Crippen LogP contribution in [0.2, 0.25) is 0 Å². The van der Waals surface area contributed by atoms with Gasteiger partial charge in [0.25, 0.3) is 0 Å². The molecule has 0 bridgehead atoms. The molecule has 1 aliphatic heterocycles. The summed E-state index contributed by atoms with van der Waals surface area (Å²) in [5, 5.41) is 0. The fraction of sp³-hybridized carbons (Fsp3) is 1.00. The number of hydrogen-bond acceptors (Lipinski definition) is 3. The van der Waals surface area contributed by atoms with Crippen LogP contribution in [-0.2, 0) is 10.0 Å². The van der Waals surface area contributed by atoms with Crippen molar-refractivity contribution in [3.8, 4) is 0 Å². The zero-order valence-electron chi connectivity index (χ0n) is 9.94. The van der Waals surface area contributed by atoms with Crippen LogP contribution in [0.3, 0.4) is 0 Å². The van der Waals surface area contributed by atoms with Gasteiger partial charge >= 0.3 is 0 Å². The van der Waals surface area contributed by atoms with Gasteiger partial charge in [0.2, 0.25) is 10.0 Å². The topological polar surface area (TPSA) is 40.6 Å². The minimum atomic E-state index is -3.01. The summed E-state index contributed by atoms with van der Waals surface area (Å²) in [6.45, 7) is 3.90. The standard InChI is InChI=1S/C10H22N2O2S/c1-4-9-15(13,14)12(3)10-5-7-11(2)8-6-10/h10H,4-9H2,1-3H3. The molecule has 0 N–H and O–H groups in total. The summed E-state index contributed by atoms with van der Waals surface area (Å²) in [5.74, 6) is 0.274. The van der Waals surface area contributed by atoms with Crippen LogP contribution >= 0.6 is 0 Å². The van der Waals surface area contributed by atoms with Crippen LogP contribution in [0.15, 0.2) is 0 Å². The van der Waals surface area contributed by atoms with Crippen LogP contribution in [0.5, 0.6) is 0 Å². The van der Waals surface area contributed by atoms with E-state index in [4.69, 9.17) is 0 Å². The number of rotatable bonds is 4. The van der Waals surface area contributed by atoms with Crippen molar-refractivity contribution in [1.82, 2.24) is 9.21 Å². The molecule has 0 radical (unpaired) electrons. The molecule has 1 heterocycles. The zero-order valence-corrected chi connectivity index (χ0v) is 10.8. The largest absolute Gasteiger partial charge is 0.306 e. The molecule has 1 fully saturated rings. The number of hydrogen-bond donors (Lipinski definition) is 0. The predicted octanol–water partition coefficient (Wildman–Crippen LogP) is 0.752. The summed E-state index contributed by atoms with van der Waals surface area (Å²) in [6.07, 6.45) is 2.60. The number of sulfonamides is 1. The van der Waals surface area contributed by atoms with Crippen molar-refractivity contribution in [2.75, 3.05) is 32.9 Å². The smallest absolute Gasteiger partial charge is 0.214 e. The Morgan fingerprint density at radius 3 is 2.33 bits per heavy atom. The molecule has 0 aliphatic carbocycles. The van der Waals surface area contributed by atoms with Gasteiger partial charge in [0.1, 0.15) is 0 Å². The molecular weight excluding hydrogens is 212 g/mol. The van der Waals surface area contributed by atoms with E-state index in [2.05, 4.69) is 11.9 Å². The van der Waals surface area contributed by atoms with Crippen molar-refractivity contribution in [3.63, 3.8) is 0 Å². The fourth-order valence-electron chi connectivity index (χ4n) is 1.99. The Kier molecular flexibility index (Phi) is 4.55. The molecule has 0 aromatic heterocycles. The molecule has 0 atom stereocenters. The van der Waals surface area contributed by atoms with E-state index in [1.807, 2.05) is 6.92 Å². The normalized spacial score (nSPS) is 21.1. The summed E-state index contributed by atoms with van der Waals surface area (Å²) < 4.78 is 25.2. The quantitative estimate of drug-likeness (QED) is 0.721. The van der Waals surface area contributed by atoms with E-state index in [9.17, 15) is 8.42 Å². The van der Waals surface area contributed by atoms with E-state index in [-0.39, 0.29) is 11.8 Å². The van der Waals surface area contributed by atoms with Gasteiger partial charge in [-0.1, -0.05) is 6.92 Å². The van der Waals surface area contributed by atoms with Crippen LogP contribution in [0, 0.1) is 0 Å². The molecule has 1 aliphatic rings. The van der Waals surface area contributed by atoms with Crippen molar-refractivity contribution in [2.24, 2.45) is 0 Å². The predicted molar refractivity (Wildman–Crippen MR) is 62.4 cm³/mol. The average molecular weight is 234 g/mol. The molecule has 0 aromatic rings. The van der Waals surface area contributed by atoms with E-state index in [0.717, 1.165) is 25.9 Å². The molecule has 1 saturated heterocycles. The molecule has 0 saturated carbocycles. The molecule has 1 rings (SSSR count). The lowest BCUT2D eigenvalue weighted by molar-refractivity contribution is 0.197. The van der Waals surface area contributed by atoms with Gasteiger partial charge in [-0.3, -0.25) is 0 Å². The fourth-order valence-corrected chi connectivity index (χ4v) is 3.46. The number of nitrogens with zero attached hydrogens (tertiary/aromatic N) is 2. The third-order valence-corrected chi connectivity index (χ3v) is 5.20. The first kappa shape index (κ1) is 12.9. The highest BCUT2D eigenvalue weighted by atomic mass is 32.2. The Morgan fingerprint density at radius 2 is 1.87 bits per heavy atom. The molecule has 0 spiro atoms. The van der Waals surface area contributed by atoms with Gasteiger partial charge in [0, 0.05) is 13.1 Å². The van der Waals surface area contributed by atoms with Gasteiger partial charge in [-0.2, -0.15) is 0 Å². The molecule has 15 heavy (non-hydrogen) atoms. The first-order chi connectivity index (χ1) is 6.97.